The Labute approximate surface area is 99.2 Å². The largest absolute Gasteiger partial charge is 0.351 e. The first-order chi connectivity index (χ1) is 7.22. The molecule has 0 saturated carbocycles. The van der Waals surface area contributed by atoms with Crippen molar-refractivity contribution in [3.8, 4) is 0 Å². The number of hydrogen-bond acceptors (Lipinski definition) is 4. The summed E-state index contributed by atoms with van der Waals surface area (Å²) < 4.78 is 18.1. The van der Waals surface area contributed by atoms with Crippen molar-refractivity contribution < 1.29 is 14.2 Å². The summed E-state index contributed by atoms with van der Waals surface area (Å²) in [6.07, 6.45) is -1.00. The maximum atomic E-state index is 13.1. The zero-order valence-electron chi connectivity index (χ0n) is 8.60. The topological polar surface area (TPSA) is 58.7 Å². The number of aliphatic hydroxyl groups excluding tert-OH is 1. The lowest BCUT2D eigenvalue weighted by Crippen LogP contribution is -2.30. The molecule has 0 spiro atoms. The summed E-state index contributed by atoms with van der Waals surface area (Å²) in [5, 5.41) is 9.49. The summed E-state index contributed by atoms with van der Waals surface area (Å²) in [6, 6.07) is 4.34. The van der Waals surface area contributed by atoms with Gasteiger partial charge in [-0.05, 0) is 17.7 Å². The number of nitrogens with zero attached hydrogens (tertiary/aromatic N) is 1. The van der Waals surface area contributed by atoms with Crippen molar-refractivity contribution in [2.24, 2.45) is 5.73 Å². The van der Waals surface area contributed by atoms with Crippen LogP contribution in [-0.2, 0) is 11.3 Å². The lowest BCUT2D eigenvalue weighted by Gasteiger charge is -2.23. The van der Waals surface area contributed by atoms with Crippen molar-refractivity contribution in [2.45, 2.75) is 13.0 Å². The quantitative estimate of drug-likeness (QED) is 0.814. The van der Waals surface area contributed by atoms with E-state index < -0.39 is 6.41 Å². The van der Waals surface area contributed by atoms with Gasteiger partial charge in [0, 0.05) is 18.8 Å². The molecule has 0 bridgehead atoms. The van der Waals surface area contributed by atoms with Gasteiger partial charge in [0.05, 0.1) is 6.61 Å². The van der Waals surface area contributed by atoms with Gasteiger partial charge in [0.1, 0.15) is 5.82 Å². The SMILES string of the molecule is Cl.NCc1ccc(F)cc1N1CCOC1O. The molecule has 2 rings (SSSR count). The molecule has 16 heavy (non-hydrogen) atoms. The first-order valence-corrected chi connectivity index (χ1v) is 4.77. The summed E-state index contributed by atoms with van der Waals surface area (Å²) in [6.45, 7) is 1.28. The fourth-order valence-corrected chi connectivity index (χ4v) is 1.67. The van der Waals surface area contributed by atoms with E-state index in [1.807, 2.05) is 0 Å². The first-order valence-electron chi connectivity index (χ1n) is 4.77. The van der Waals surface area contributed by atoms with Crippen LogP contribution in [0.3, 0.4) is 0 Å². The van der Waals surface area contributed by atoms with E-state index in [4.69, 9.17) is 10.5 Å². The standard InChI is InChI=1S/C10H13FN2O2.ClH/c11-8-2-1-7(6-12)9(5-8)13-3-4-15-10(13)14;/h1-2,5,10,14H,3-4,6,12H2;1H. The molecule has 1 aromatic carbocycles. The summed E-state index contributed by atoms with van der Waals surface area (Å²) in [4.78, 5) is 1.59. The van der Waals surface area contributed by atoms with E-state index in [0.29, 0.717) is 25.4 Å². The van der Waals surface area contributed by atoms with Gasteiger partial charge in [0.2, 0.25) is 6.41 Å². The number of hydrogen-bond donors (Lipinski definition) is 2. The lowest BCUT2D eigenvalue weighted by atomic mass is 10.1. The maximum Gasteiger partial charge on any atom is 0.238 e. The monoisotopic (exact) mass is 248 g/mol. The van der Waals surface area contributed by atoms with E-state index in [1.165, 1.54) is 12.1 Å². The van der Waals surface area contributed by atoms with Gasteiger partial charge in [0.25, 0.3) is 0 Å². The van der Waals surface area contributed by atoms with Crippen LogP contribution in [0.25, 0.3) is 0 Å². The Morgan fingerprint density at radius 2 is 2.31 bits per heavy atom. The second-order valence-corrected chi connectivity index (χ2v) is 3.37. The van der Waals surface area contributed by atoms with Crippen molar-refractivity contribution in [1.29, 1.82) is 0 Å². The fourth-order valence-electron chi connectivity index (χ4n) is 1.67. The van der Waals surface area contributed by atoms with Crippen LogP contribution in [0.15, 0.2) is 18.2 Å². The molecule has 6 heteroatoms. The molecule has 0 aliphatic carbocycles. The Kier molecular flexibility index (Phi) is 4.49. The Hall–Kier alpha value is -0.880. The molecular weight excluding hydrogens is 235 g/mol. The van der Waals surface area contributed by atoms with Gasteiger partial charge in [-0.2, -0.15) is 0 Å². The molecule has 3 N–H and O–H groups in total. The third-order valence-corrected chi connectivity index (χ3v) is 2.44. The molecule has 1 fully saturated rings. The Balaban J connectivity index is 0.00000128. The van der Waals surface area contributed by atoms with Gasteiger partial charge >= 0.3 is 0 Å². The molecule has 90 valence electrons. The van der Waals surface area contributed by atoms with Crippen molar-refractivity contribution in [1.82, 2.24) is 0 Å². The molecular formula is C10H14ClFN2O2. The Bertz CT molecular complexity index is 365. The molecule has 1 saturated heterocycles. The third kappa shape index (κ3) is 2.44. The summed E-state index contributed by atoms with van der Waals surface area (Å²) >= 11 is 0. The second kappa shape index (κ2) is 5.45. The van der Waals surface area contributed by atoms with E-state index in [2.05, 4.69) is 0 Å². The van der Waals surface area contributed by atoms with Crippen LogP contribution in [0.2, 0.25) is 0 Å². The van der Waals surface area contributed by atoms with Crippen LogP contribution in [0.5, 0.6) is 0 Å². The van der Waals surface area contributed by atoms with Crippen LogP contribution in [0.1, 0.15) is 5.56 Å². The van der Waals surface area contributed by atoms with Crippen LogP contribution < -0.4 is 10.6 Å². The van der Waals surface area contributed by atoms with E-state index in [9.17, 15) is 9.50 Å². The van der Waals surface area contributed by atoms with Crippen LogP contribution in [0.4, 0.5) is 10.1 Å². The van der Waals surface area contributed by atoms with Crippen LogP contribution in [0, 0.1) is 5.82 Å². The predicted octanol–water partition coefficient (Wildman–Crippen LogP) is 0.819. The summed E-state index contributed by atoms with van der Waals surface area (Å²) in [7, 11) is 0. The molecule has 1 aliphatic heterocycles. The summed E-state index contributed by atoms with van der Waals surface area (Å²) in [5.74, 6) is -0.346. The first kappa shape index (κ1) is 13.2. The fraction of sp³-hybridized carbons (Fsp3) is 0.400. The molecule has 1 unspecified atom stereocenters. The highest BCUT2D eigenvalue weighted by Gasteiger charge is 2.24. The zero-order chi connectivity index (χ0) is 10.8. The number of benzene rings is 1. The molecule has 0 radical (unpaired) electrons. The minimum Gasteiger partial charge on any atom is -0.351 e. The third-order valence-electron chi connectivity index (χ3n) is 2.44. The van der Waals surface area contributed by atoms with Gasteiger partial charge in [-0.25, -0.2) is 4.39 Å². The zero-order valence-corrected chi connectivity index (χ0v) is 9.41. The number of ether oxygens (including phenoxy) is 1. The van der Waals surface area contributed by atoms with Gasteiger partial charge in [0.15, 0.2) is 0 Å². The number of nitrogens with two attached hydrogens (primary N) is 1. The lowest BCUT2D eigenvalue weighted by molar-refractivity contribution is -0.0574. The molecule has 1 aliphatic rings. The maximum absolute atomic E-state index is 13.1. The van der Waals surface area contributed by atoms with Crippen molar-refractivity contribution in [2.75, 3.05) is 18.1 Å². The molecule has 4 nitrogen and oxygen atoms in total. The molecule has 1 atom stereocenters. The average Bonchev–Trinajstić information content (AvgIpc) is 2.64. The van der Waals surface area contributed by atoms with Gasteiger partial charge in [-0.1, -0.05) is 6.07 Å². The number of anilines is 1. The van der Waals surface area contributed by atoms with Crippen LogP contribution >= 0.6 is 12.4 Å². The van der Waals surface area contributed by atoms with Crippen molar-refractivity contribution in [3.05, 3.63) is 29.6 Å². The molecule has 1 aromatic rings. The smallest absolute Gasteiger partial charge is 0.238 e. The van der Waals surface area contributed by atoms with Crippen molar-refractivity contribution in [3.63, 3.8) is 0 Å². The number of aliphatic hydroxyl groups is 1. The Morgan fingerprint density at radius 1 is 1.56 bits per heavy atom. The number of halogens is 2. The van der Waals surface area contributed by atoms with E-state index in [0.717, 1.165) is 5.56 Å². The van der Waals surface area contributed by atoms with E-state index in [1.54, 1.807) is 11.0 Å². The van der Waals surface area contributed by atoms with E-state index in [-0.39, 0.29) is 18.2 Å². The normalized spacial score (nSPS) is 19.7. The average molecular weight is 249 g/mol. The molecule has 0 amide bonds. The highest BCUT2D eigenvalue weighted by molar-refractivity contribution is 5.85. The van der Waals surface area contributed by atoms with E-state index >= 15 is 0 Å². The minimum atomic E-state index is -1.00. The predicted molar refractivity (Wildman–Crippen MR) is 60.8 cm³/mol. The van der Waals surface area contributed by atoms with Crippen molar-refractivity contribution >= 4 is 18.1 Å². The minimum absolute atomic E-state index is 0. The highest BCUT2D eigenvalue weighted by Crippen LogP contribution is 2.25. The molecule has 0 aromatic heterocycles. The molecule has 1 heterocycles. The van der Waals surface area contributed by atoms with Gasteiger partial charge in [-0.3, -0.25) is 0 Å². The summed E-state index contributed by atoms with van der Waals surface area (Å²) in [5.41, 5.74) is 6.93. The second-order valence-electron chi connectivity index (χ2n) is 3.37. The highest BCUT2D eigenvalue weighted by atomic mass is 35.5. The number of rotatable bonds is 2. The van der Waals surface area contributed by atoms with Crippen LogP contribution in [-0.4, -0.2) is 24.7 Å². The Morgan fingerprint density at radius 3 is 2.88 bits per heavy atom. The van der Waals surface area contributed by atoms with Gasteiger partial charge < -0.3 is 20.5 Å². The van der Waals surface area contributed by atoms with Gasteiger partial charge in [-0.15, -0.1) is 12.4 Å².